The van der Waals surface area contributed by atoms with Crippen LogP contribution in [0.1, 0.15) is 68.8 Å². The summed E-state index contributed by atoms with van der Waals surface area (Å²) in [6, 6.07) is 16.6. The average molecular weight is 387 g/mol. The Morgan fingerprint density at radius 1 is 0.931 bits per heavy atom. The molecule has 4 rings (SSSR count). The van der Waals surface area contributed by atoms with Gasteiger partial charge in [0.25, 0.3) is 0 Å². The van der Waals surface area contributed by atoms with Gasteiger partial charge < -0.3 is 0 Å². The summed E-state index contributed by atoms with van der Waals surface area (Å²) in [5, 5.41) is 2.74. The Bertz CT molecular complexity index is 1050. The van der Waals surface area contributed by atoms with Gasteiger partial charge in [0.2, 0.25) is 5.69 Å². The van der Waals surface area contributed by atoms with Crippen molar-refractivity contribution in [3.05, 3.63) is 64.8 Å². The molecule has 3 aromatic rings. The molecule has 1 saturated carbocycles. The molecular formula is C28H36N+. The number of rotatable bonds is 3. The molecule has 2 aromatic carbocycles. The SMILES string of the molecule is Cc1ccc(C(C)(C)C)cc1-c1c2ccc(CC3CCCC3)cc2cc(C)[n+]1C. The summed E-state index contributed by atoms with van der Waals surface area (Å²) >= 11 is 0. The summed E-state index contributed by atoms with van der Waals surface area (Å²) in [6.45, 7) is 11.4. The van der Waals surface area contributed by atoms with Gasteiger partial charge in [0.05, 0.1) is 10.9 Å². The summed E-state index contributed by atoms with van der Waals surface area (Å²) in [5.74, 6) is 0.888. The van der Waals surface area contributed by atoms with Crippen LogP contribution in [-0.4, -0.2) is 0 Å². The quantitative estimate of drug-likeness (QED) is 0.428. The van der Waals surface area contributed by atoms with Crippen LogP contribution in [0, 0.1) is 19.8 Å². The van der Waals surface area contributed by atoms with Crippen molar-refractivity contribution < 1.29 is 4.57 Å². The molecule has 1 aromatic heterocycles. The van der Waals surface area contributed by atoms with E-state index in [1.54, 1.807) is 0 Å². The number of aryl methyl sites for hydroxylation is 2. The molecule has 0 atom stereocenters. The Morgan fingerprint density at radius 3 is 2.34 bits per heavy atom. The topological polar surface area (TPSA) is 3.88 Å². The Morgan fingerprint density at radius 2 is 1.66 bits per heavy atom. The number of hydrogen-bond donors (Lipinski definition) is 0. The van der Waals surface area contributed by atoms with E-state index >= 15 is 0 Å². The summed E-state index contributed by atoms with van der Waals surface area (Å²) in [6.07, 6.45) is 6.89. The van der Waals surface area contributed by atoms with Crippen LogP contribution in [0.5, 0.6) is 0 Å². The van der Waals surface area contributed by atoms with Crippen molar-refractivity contribution in [3.8, 4) is 11.3 Å². The summed E-state index contributed by atoms with van der Waals surface area (Å²) in [7, 11) is 2.21. The predicted molar refractivity (Wildman–Crippen MR) is 124 cm³/mol. The maximum absolute atomic E-state index is 2.45. The van der Waals surface area contributed by atoms with Crippen LogP contribution in [-0.2, 0) is 18.9 Å². The molecule has 29 heavy (non-hydrogen) atoms. The van der Waals surface area contributed by atoms with Crippen LogP contribution in [0.3, 0.4) is 0 Å². The molecule has 1 fully saturated rings. The minimum atomic E-state index is 0.148. The number of aromatic nitrogens is 1. The van der Waals surface area contributed by atoms with Gasteiger partial charge in [-0.2, -0.15) is 4.57 Å². The second-order valence-electron chi connectivity index (χ2n) is 10.2. The number of pyridine rings is 1. The Kier molecular flexibility index (Phi) is 5.27. The molecule has 152 valence electrons. The largest absolute Gasteiger partial charge is 0.220 e. The average Bonchev–Trinajstić information content (AvgIpc) is 3.16. The summed E-state index contributed by atoms with van der Waals surface area (Å²) in [5.41, 5.74) is 8.40. The van der Waals surface area contributed by atoms with Crippen molar-refractivity contribution in [2.75, 3.05) is 0 Å². The van der Waals surface area contributed by atoms with Gasteiger partial charge in [-0.15, -0.1) is 0 Å². The maximum atomic E-state index is 2.45. The number of benzene rings is 2. The van der Waals surface area contributed by atoms with E-state index in [4.69, 9.17) is 0 Å². The monoisotopic (exact) mass is 386 g/mol. The van der Waals surface area contributed by atoms with Crippen LogP contribution in [0.25, 0.3) is 22.0 Å². The Balaban J connectivity index is 1.87. The van der Waals surface area contributed by atoms with Crippen molar-refractivity contribution in [1.29, 1.82) is 0 Å². The molecule has 1 nitrogen and oxygen atoms in total. The highest BCUT2D eigenvalue weighted by atomic mass is 14.9. The molecule has 0 bridgehead atoms. The fraction of sp³-hybridized carbons (Fsp3) is 0.464. The van der Waals surface area contributed by atoms with Crippen molar-refractivity contribution in [1.82, 2.24) is 0 Å². The van der Waals surface area contributed by atoms with Crippen molar-refractivity contribution in [2.24, 2.45) is 13.0 Å². The third-order valence-corrected chi connectivity index (χ3v) is 6.96. The van der Waals surface area contributed by atoms with Gasteiger partial charge in [0.15, 0.2) is 5.69 Å². The Hall–Kier alpha value is -2.15. The van der Waals surface area contributed by atoms with E-state index in [0.29, 0.717) is 0 Å². The van der Waals surface area contributed by atoms with Gasteiger partial charge >= 0.3 is 0 Å². The third-order valence-electron chi connectivity index (χ3n) is 6.96. The van der Waals surface area contributed by atoms with E-state index in [9.17, 15) is 0 Å². The molecule has 1 aliphatic rings. The third kappa shape index (κ3) is 3.97. The van der Waals surface area contributed by atoms with Crippen LogP contribution in [0.2, 0.25) is 0 Å². The molecule has 0 aliphatic heterocycles. The standard InChI is InChI=1S/C28H36N/c1-19-11-13-24(28(3,4)5)18-26(19)27-25-14-12-22(16-21-9-7-8-10-21)17-23(25)15-20(2)29(27)6/h11-15,17-18,21H,7-10,16H2,1-6H3/q+1. The zero-order valence-electron chi connectivity index (χ0n) is 19.1. The first-order valence-electron chi connectivity index (χ1n) is 11.3. The zero-order chi connectivity index (χ0) is 20.8. The molecule has 1 heterocycles. The van der Waals surface area contributed by atoms with E-state index in [-0.39, 0.29) is 5.41 Å². The molecule has 1 heteroatoms. The van der Waals surface area contributed by atoms with Crippen molar-refractivity contribution >= 4 is 10.8 Å². The summed E-state index contributed by atoms with van der Waals surface area (Å²) in [4.78, 5) is 0. The molecule has 1 aliphatic carbocycles. The highest BCUT2D eigenvalue weighted by Crippen LogP contribution is 2.34. The lowest BCUT2D eigenvalue weighted by molar-refractivity contribution is -0.665. The van der Waals surface area contributed by atoms with Gasteiger partial charge in [-0.3, -0.25) is 0 Å². The van der Waals surface area contributed by atoms with Gasteiger partial charge in [-0.25, -0.2) is 0 Å². The lowest BCUT2D eigenvalue weighted by Crippen LogP contribution is -2.35. The Labute approximate surface area is 176 Å². The highest BCUT2D eigenvalue weighted by Gasteiger charge is 2.23. The van der Waals surface area contributed by atoms with Crippen LogP contribution in [0.4, 0.5) is 0 Å². The smallest absolute Gasteiger partial charge is 0.198 e. The molecule has 0 saturated heterocycles. The molecule has 0 radical (unpaired) electrons. The molecule has 0 spiro atoms. The molecule has 0 N–H and O–H groups in total. The van der Waals surface area contributed by atoms with Crippen molar-refractivity contribution in [2.45, 2.75) is 72.1 Å². The predicted octanol–water partition coefficient (Wildman–Crippen LogP) is 6.98. The zero-order valence-corrected chi connectivity index (χ0v) is 19.1. The maximum Gasteiger partial charge on any atom is 0.220 e. The first kappa shape index (κ1) is 20.1. The number of fused-ring (bicyclic) bond motifs is 1. The van der Waals surface area contributed by atoms with Gasteiger partial charge in [0.1, 0.15) is 7.05 Å². The van der Waals surface area contributed by atoms with E-state index in [0.717, 1.165) is 5.92 Å². The second-order valence-corrected chi connectivity index (χ2v) is 10.2. The normalized spacial score (nSPS) is 15.4. The van der Waals surface area contributed by atoms with Crippen LogP contribution < -0.4 is 4.57 Å². The lowest BCUT2D eigenvalue weighted by Gasteiger charge is -2.21. The second kappa shape index (κ2) is 7.59. The first-order chi connectivity index (χ1) is 13.7. The van der Waals surface area contributed by atoms with Crippen LogP contribution in [0.15, 0.2) is 42.5 Å². The van der Waals surface area contributed by atoms with Gasteiger partial charge in [-0.05, 0) is 58.9 Å². The number of nitrogens with zero attached hydrogens (tertiary/aromatic N) is 1. The van der Waals surface area contributed by atoms with E-state index in [1.165, 1.54) is 76.5 Å². The first-order valence-corrected chi connectivity index (χ1v) is 11.3. The van der Waals surface area contributed by atoms with E-state index in [2.05, 4.69) is 88.7 Å². The molecule has 0 amide bonds. The van der Waals surface area contributed by atoms with Crippen LogP contribution >= 0.6 is 0 Å². The lowest BCUT2D eigenvalue weighted by atomic mass is 9.84. The van der Waals surface area contributed by atoms with Gasteiger partial charge in [-0.1, -0.05) is 70.7 Å². The fourth-order valence-electron chi connectivity index (χ4n) is 4.97. The summed E-state index contributed by atoms with van der Waals surface area (Å²) < 4.78 is 2.37. The molecular weight excluding hydrogens is 350 g/mol. The highest BCUT2D eigenvalue weighted by molar-refractivity contribution is 5.94. The van der Waals surface area contributed by atoms with E-state index < -0.39 is 0 Å². The minimum absolute atomic E-state index is 0.148. The van der Waals surface area contributed by atoms with E-state index in [1.807, 2.05) is 0 Å². The van der Waals surface area contributed by atoms with Crippen molar-refractivity contribution in [3.63, 3.8) is 0 Å². The van der Waals surface area contributed by atoms with Gasteiger partial charge in [0, 0.05) is 13.0 Å². The molecule has 0 unspecified atom stereocenters. The minimum Gasteiger partial charge on any atom is -0.198 e. The number of hydrogen-bond acceptors (Lipinski definition) is 0. The fourth-order valence-corrected chi connectivity index (χ4v) is 4.97.